The van der Waals surface area contributed by atoms with Crippen molar-refractivity contribution in [3.8, 4) is 5.75 Å². The van der Waals surface area contributed by atoms with Crippen LogP contribution in [0.4, 0.5) is 0 Å². The lowest BCUT2D eigenvalue weighted by Gasteiger charge is -2.38. The van der Waals surface area contributed by atoms with Gasteiger partial charge in [-0.3, -0.25) is 19.6 Å². The average molecular weight is 682 g/mol. The smallest absolute Gasteiger partial charge is 0.232 e. The number of piperidine rings is 1. The van der Waals surface area contributed by atoms with Gasteiger partial charge in [-0.1, -0.05) is 73.5 Å². The first-order chi connectivity index (χ1) is 24.6. The molecule has 2 N–H and O–H groups in total. The van der Waals surface area contributed by atoms with Crippen molar-refractivity contribution in [2.45, 2.75) is 75.8 Å². The number of ether oxygens (including phenoxy) is 2. The Kier molecular flexibility index (Phi) is 13.3. The van der Waals surface area contributed by atoms with Crippen LogP contribution in [0.1, 0.15) is 74.5 Å². The minimum Gasteiger partial charge on any atom is -0.496 e. The van der Waals surface area contributed by atoms with E-state index in [9.17, 15) is 4.79 Å². The van der Waals surface area contributed by atoms with E-state index < -0.39 is 5.41 Å². The Hall–Kier alpha value is -3.30. The molecule has 3 aromatic rings. The highest BCUT2D eigenvalue weighted by molar-refractivity contribution is 5.91. The minimum absolute atomic E-state index is 0.154. The molecule has 1 saturated carbocycles. The third-order valence-electron chi connectivity index (χ3n) is 11.5. The molecule has 0 radical (unpaired) electrons. The van der Waals surface area contributed by atoms with Crippen molar-refractivity contribution < 1.29 is 14.3 Å². The van der Waals surface area contributed by atoms with Crippen molar-refractivity contribution in [1.82, 2.24) is 19.7 Å². The number of hydrogen-bond donors (Lipinski definition) is 1. The predicted octanol–water partition coefficient (Wildman–Crippen LogP) is 6.14. The number of rotatable bonds is 20. The third kappa shape index (κ3) is 9.32. The molecule has 0 spiro atoms. The Morgan fingerprint density at radius 2 is 1.54 bits per heavy atom. The number of benzene rings is 2. The molecule has 1 aromatic heterocycles. The van der Waals surface area contributed by atoms with Gasteiger partial charge < -0.3 is 20.1 Å². The van der Waals surface area contributed by atoms with Gasteiger partial charge in [0.15, 0.2) is 0 Å². The topological polar surface area (TPSA) is 84.2 Å². The zero-order valence-electron chi connectivity index (χ0n) is 30.3. The minimum atomic E-state index is -0.810. The number of primary amides is 1. The van der Waals surface area contributed by atoms with Gasteiger partial charge in [0.25, 0.3) is 0 Å². The van der Waals surface area contributed by atoms with Gasteiger partial charge in [0.2, 0.25) is 5.91 Å². The summed E-state index contributed by atoms with van der Waals surface area (Å²) in [7, 11) is 1.74. The van der Waals surface area contributed by atoms with Crippen molar-refractivity contribution in [2.75, 3.05) is 66.1 Å². The van der Waals surface area contributed by atoms with Crippen molar-refractivity contribution in [2.24, 2.45) is 17.6 Å². The van der Waals surface area contributed by atoms with E-state index in [2.05, 4.69) is 43.9 Å². The van der Waals surface area contributed by atoms with Crippen LogP contribution in [0.5, 0.6) is 5.75 Å². The molecule has 1 aliphatic carbocycles. The van der Waals surface area contributed by atoms with Gasteiger partial charge in [-0.05, 0) is 100 Å². The Labute approximate surface area is 300 Å². The number of unbranched alkanes of at least 4 members (excludes halogenated alkanes) is 3. The molecule has 1 amide bonds. The number of nitrogens with zero attached hydrogens (tertiary/aromatic N) is 4. The SMILES string of the molecule is COc1ccncc1CN1CCC(N(CCOCCCCCCN2CC[C@@H](C(C(N)=O)(c3ccccc3)c3ccccc3)C2)CC2CC2)CC1. The lowest BCUT2D eigenvalue weighted by Crippen LogP contribution is -2.49. The van der Waals surface area contributed by atoms with Crippen molar-refractivity contribution in [1.29, 1.82) is 0 Å². The summed E-state index contributed by atoms with van der Waals surface area (Å²) < 4.78 is 11.7. The maximum absolute atomic E-state index is 13.4. The van der Waals surface area contributed by atoms with Crippen molar-refractivity contribution in [3.63, 3.8) is 0 Å². The third-order valence-corrected chi connectivity index (χ3v) is 11.5. The summed E-state index contributed by atoms with van der Waals surface area (Å²) in [4.78, 5) is 25.5. The average Bonchev–Trinajstić information content (AvgIpc) is 3.86. The molecule has 8 heteroatoms. The quantitative estimate of drug-likeness (QED) is 0.144. The van der Waals surface area contributed by atoms with Gasteiger partial charge in [0.1, 0.15) is 11.2 Å². The first kappa shape index (κ1) is 36.5. The van der Waals surface area contributed by atoms with Gasteiger partial charge in [0, 0.05) is 56.8 Å². The standard InChI is InChI=1S/C42H59N5O3/c1-49-40-18-22-44-30-35(40)32-46-25-20-39(21-26-46)47(31-34-16-17-34)27-29-50-28-11-3-2-10-23-45-24-19-38(33-45)42(41(43)48,36-12-6-4-7-13-36)37-14-8-5-9-15-37/h4-9,12-15,18,22,30,34,38-39H,2-3,10-11,16-17,19-21,23-29,31-33H2,1H3,(H2,43,48)/t38-/m1/s1. The summed E-state index contributed by atoms with van der Waals surface area (Å²) in [5, 5.41) is 0. The summed E-state index contributed by atoms with van der Waals surface area (Å²) >= 11 is 0. The number of methoxy groups -OCH3 is 1. The molecule has 2 aromatic carbocycles. The Morgan fingerprint density at radius 1 is 0.860 bits per heavy atom. The number of amides is 1. The van der Waals surface area contributed by atoms with Crippen LogP contribution in [0.15, 0.2) is 79.1 Å². The van der Waals surface area contributed by atoms with E-state index in [1.165, 1.54) is 57.1 Å². The van der Waals surface area contributed by atoms with Crippen LogP contribution < -0.4 is 10.5 Å². The molecule has 0 unspecified atom stereocenters. The lowest BCUT2D eigenvalue weighted by molar-refractivity contribution is -0.123. The highest BCUT2D eigenvalue weighted by atomic mass is 16.5. The van der Waals surface area contributed by atoms with Crippen LogP contribution in [-0.4, -0.2) is 97.8 Å². The summed E-state index contributed by atoms with van der Waals surface area (Å²) in [6.07, 6.45) is 14.6. The summed E-state index contributed by atoms with van der Waals surface area (Å²) in [5.41, 5.74) is 8.66. The largest absolute Gasteiger partial charge is 0.496 e. The fraction of sp³-hybridized carbons (Fsp3) is 0.571. The van der Waals surface area contributed by atoms with E-state index in [0.29, 0.717) is 6.04 Å². The Balaban J connectivity index is 0.876. The molecule has 6 rings (SSSR count). The van der Waals surface area contributed by atoms with Gasteiger partial charge in [-0.2, -0.15) is 0 Å². The number of carbonyl (C=O) groups is 1. The van der Waals surface area contributed by atoms with E-state index in [1.807, 2.05) is 48.7 Å². The van der Waals surface area contributed by atoms with E-state index in [-0.39, 0.29) is 11.8 Å². The second-order valence-electron chi connectivity index (χ2n) is 14.9. The first-order valence-electron chi connectivity index (χ1n) is 19.2. The molecule has 270 valence electrons. The highest BCUT2D eigenvalue weighted by Crippen LogP contribution is 2.43. The number of pyridine rings is 1. The van der Waals surface area contributed by atoms with Crippen LogP contribution in [0.2, 0.25) is 0 Å². The van der Waals surface area contributed by atoms with Crippen LogP contribution in [0.3, 0.4) is 0 Å². The fourth-order valence-electron chi connectivity index (χ4n) is 8.56. The summed E-state index contributed by atoms with van der Waals surface area (Å²) in [5.74, 6) is 1.73. The fourth-order valence-corrected chi connectivity index (χ4v) is 8.56. The zero-order chi connectivity index (χ0) is 34.6. The molecule has 3 fully saturated rings. The molecule has 3 aliphatic rings. The van der Waals surface area contributed by atoms with Crippen LogP contribution >= 0.6 is 0 Å². The van der Waals surface area contributed by atoms with E-state index >= 15 is 0 Å². The van der Waals surface area contributed by atoms with E-state index in [0.717, 1.165) is 94.7 Å². The van der Waals surface area contributed by atoms with Crippen molar-refractivity contribution >= 4 is 5.91 Å². The normalized spacial score (nSPS) is 19.3. The number of carbonyl (C=O) groups excluding carboxylic acids is 1. The van der Waals surface area contributed by atoms with E-state index in [1.54, 1.807) is 13.3 Å². The van der Waals surface area contributed by atoms with Crippen LogP contribution in [0, 0.1) is 11.8 Å². The maximum atomic E-state index is 13.4. The molecule has 8 nitrogen and oxygen atoms in total. The van der Waals surface area contributed by atoms with Gasteiger partial charge >= 0.3 is 0 Å². The van der Waals surface area contributed by atoms with Crippen molar-refractivity contribution in [3.05, 3.63) is 95.8 Å². The van der Waals surface area contributed by atoms with Crippen LogP contribution in [-0.2, 0) is 21.5 Å². The van der Waals surface area contributed by atoms with Gasteiger partial charge in [-0.25, -0.2) is 0 Å². The highest BCUT2D eigenvalue weighted by Gasteiger charge is 2.49. The summed E-state index contributed by atoms with van der Waals surface area (Å²) in [6.45, 7) is 10.1. The number of likely N-dealkylation sites (tertiary alicyclic amines) is 2. The van der Waals surface area contributed by atoms with E-state index in [4.69, 9.17) is 15.2 Å². The molecular weight excluding hydrogens is 622 g/mol. The lowest BCUT2D eigenvalue weighted by atomic mass is 9.64. The Bertz CT molecular complexity index is 1400. The predicted molar refractivity (Wildman–Crippen MR) is 200 cm³/mol. The summed E-state index contributed by atoms with van der Waals surface area (Å²) in [6, 6.07) is 23.0. The molecular formula is C42H59N5O3. The molecule has 2 saturated heterocycles. The second kappa shape index (κ2) is 18.3. The molecule has 50 heavy (non-hydrogen) atoms. The first-order valence-corrected chi connectivity index (χ1v) is 19.2. The van der Waals surface area contributed by atoms with Gasteiger partial charge in [0.05, 0.1) is 13.7 Å². The molecule has 0 bridgehead atoms. The maximum Gasteiger partial charge on any atom is 0.232 e. The number of aromatic nitrogens is 1. The molecule has 3 heterocycles. The zero-order valence-corrected chi connectivity index (χ0v) is 30.3. The number of hydrogen-bond acceptors (Lipinski definition) is 7. The monoisotopic (exact) mass is 681 g/mol. The Morgan fingerprint density at radius 3 is 2.20 bits per heavy atom. The van der Waals surface area contributed by atoms with Crippen LogP contribution in [0.25, 0.3) is 0 Å². The molecule has 1 atom stereocenters. The number of nitrogens with two attached hydrogens (primary N) is 1. The van der Waals surface area contributed by atoms with Gasteiger partial charge in [-0.15, -0.1) is 0 Å². The molecule has 2 aliphatic heterocycles. The second-order valence-corrected chi connectivity index (χ2v) is 14.9.